The van der Waals surface area contributed by atoms with Gasteiger partial charge in [-0.25, -0.2) is 0 Å². The van der Waals surface area contributed by atoms with Gasteiger partial charge in [-0.3, -0.25) is 0 Å². The Kier molecular flexibility index (Phi) is 1.01. The monoisotopic (exact) mass is 163 g/mol. The normalized spacial score (nSPS) is 30.2. The summed E-state index contributed by atoms with van der Waals surface area (Å²) < 4.78 is 10.8. The molecule has 0 spiro atoms. The third-order valence-corrected chi connectivity index (χ3v) is 2.30. The summed E-state index contributed by atoms with van der Waals surface area (Å²) in [6, 6.07) is 7.97. The summed E-state index contributed by atoms with van der Waals surface area (Å²) in [6.07, 6.45) is 0.102. The van der Waals surface area contributed by atoms with Gasteiger partial charge in [0, 0.05) is 7.05 Å². The highest BCUT2D eigenvalue weighted by atomic mass is 16.8. The van der Waals surface area contributed by atoms with Crippen LogP contribution in [0.3, 0.4) is 0 Å². The Hall–Kier alpha value is -1.22. The van der Waals surface area contributed by atoms with Crippen molar-refractivity contribution in [1.82, 2.24) is 0 Å². The maximum absolute atomic E-state index is 5.51. The van der Waals surface area contributed by atoms with Gasteiger partial charge in [-0.1, -0.05) is 12.1 Å². The summed E-state index contributed by atoms with van der Waals surface area (Å²) in [4.78, 5) is 2.10. The molecule has 12 heavy (non-hydrogen) atoms. The second kappa shape index (κ2) is 1.93. The minimum Gasteiger partial charge on any atom is -0.458 e. The smallest absolute Gasteiger partial charge is 0.247 e. The van der Waals surface area contributed by atoms with Crippen LogP contribution in [0.4, 0.5) is 5.69 Å². The molecule has 2 unspecified atom stereocenters. The summed E-state index contributed by atoms with van der Waals surface area (Å²) in [5, 5.41) is 0. The Morgan fingerprint density at radius 3 is 3.08 bits per heavy atom. The topological polar surface area (TPSA) is 25.0 Å². The number of rotatable bonds is 0. The molecule has 1 fully saturated rings. The van der Waals surface area contributed by atoms with E-state index in [1.165, 1.54) is 0 Å². The molecule has 2 atom stereocenters. The summed E-state index contributed by atoms with van der Waals surface area (Å²) in [7, 11) is 2.02. The van der Waals surface area contributed by atoms with Crippen LogP contribution in [-0.2, 0) is 4.74 Å². The Morgan fingerprint density at radius 1 is 1.33 bits per heavy atom. The number of benzene rings is 1. The zero-order valence-corrected chi connectivity index (χ0v) is 6.73. The minimum atomic E-state index is -0.0371. The van der Waals surface area contributed by atoms with Gasteiger partial charge >= 0.3 is 0 Å². The summed E-state index contributed by atoms with van der Waals surface area (Å²) in [5.41, 5.74) is 1.11. The van der Waals surface area contributed by atoms with Crippen LogP contribution in [0.2, 0.25) is 0 Å². The van der Waals surface area contributed by atoms with E-state index in [9.17, 15) is 0 Å². The number of hydrogen-bond donors (Lipinski definition) is 0. The number of hydrogen-bond acceptors (Lipinski definition) is 3. The van der Waals surface area contributed by atoms with Crippen LogP contribution in [0.5, 0.6) is 5.75 Å². The van der Waals surface area contributed by atoms with Gasteiger partial charge in [0.05, 0.1) is 5.69 Å². The highest BCUT2D eigenvalue weighted by molar-refractivity contribution is 5.60. The molecule has 1 aromatic rings. The van der Waals surface area contributed by atoms with E-state index in [4.69, 9.17) is 9.47 Å². The molecule has 0 amide bonds. The first-order chi connectivity index (χ1) is 5.86. The molecule has 0 radical (unpaired) electrons. The van der Waals surface area contributed by atoms with Crippen molar-refractivity contribution < 1.29 is 9.47 Å². The van der Waals surface area contributed by atoms with Crippen LogP contribution in [0, 0.1) is 0 Å². The molecule has 2 aliphatic rings. The van der Waals surface area contributed by atoms with Crippen LogP contribution in [-0.4, -0.2) is 19.6 Å². The molecule has 0 bridgehead atoms. The van der Waals surface area contributed by atoms with Crippen molar-refractivity contribution in [2.45, 2.75) is 12.5 Å². The maximum atomic E-state index is 5.51. The molecular formula is C9H9NO2. The van der Waals surface area contributed by atoms with E-state index < -0.39 is 0 Å². The van der Waals surface area contributed by atoms with E-state index in [0.29, 0.717) is 0 Å². The first-order valence-electron chi connectivity index (χ1n) is 4.00. The Bertz CT molecular complexity index is 326. The lowest BCUT2D eigenvalue weighted by atomic mass is 10.2. The van der Waals surface area contributed by atoms with E-state index >= 15 is 0 Å². The number of para-hydroxylation sites is 2. The third-order valence-electron chi connectivity index (χ3n) is 2.30. The third kappa shape index (κ3) is 0.689. The van der Waals surface area contributed by atoms with Crippen molar-refractivity contribution in [2.24, 2.45) is 0 Å². The molecule has 2 heterocycles. The zero-order chi connectivity index (χ0) is 8.13. The lowest BCUT2D eigenvalue weighted by Gasteiger charge is -2.23. The van der Waals surface area contributed by atoms with Crippen molar-refractivity contribution in [2.75, 3.05) is 11.9 Å². The van der Waals surface area contributed by atoms with Crippen molar-refractivity contribution >= 4 is 5.69 Å². The lowest BCUT2D eigenvalue weighted by Crippen LogP contribution is -2.28. The van der Waals surface area contributed by atoms with E-state index in [1.807, 2.05) is 31.3 Å². The second-order valence-corrected chi connectivity index (χ2v) is 3.09. The minimum absolute atomic E-state index is 0.0371. The van der Waals surface area contributed by atoms with E-state index in [2.05, 4.69) is 4.90 Å². The van der Waals surface area contributed by atoms with Crippen LogP contribution < -0.4 is 9.64 Å². The van der Waals surface area contributed by atoms with Gasteiger partial charge in [0.15, 0.2) is 6.23 Å². The highest BCUT2D eigenvalue weighted by Crippen LogP contribution is 2.42. The fraction of sp³-hybridized carbons (Fsp3) is 0.333. The molecule has 2 aliphatic heterocycles. The van der Waals surface area contributed by atoms with Gasteiger partial charge in [-0.2, -0.15) is 0 Å². The van der Waals surface area contributed by atoms with Gasteiger partial charge in [0.1, 0.15) is 5.75 Å². The molecule has 0 saturated carbocycles. The Morgan fingerprint density at radius 2 is 2.17 bits per heavy atom. The summed E-state index contributed by atoms with van der Waals surface area (Å²) in [5.74, 6) is 0.916. The van der Waals surface area contributed by atoms with Crippen molar-refractivity contribution in [3.05, 3.63) is 24.3 Å². The predicted molar refractivity (Wildman–Crippen MR) is 44.1 cm³/mol. The van der Waals surface area contributed by atoms with Crippen LogP contribution in [0.15, 0.2) is 24.3 Å². The summed E-state index contributed by atoms with van der Waals surface area (Å²) >= 11 is 0. The molecule has 0 aliphatic carbocycles. The average Bonchev–Trinajstić information content (AvgIpc) is 2.84. The molecule has 1 aromatic carbocycles. The largest absolute Gasteiger partial charge is 0.458 e. The molecule has 3 nitrogen and oxygen atoms in total. The van der Waals surface area contributed by atoms with Crippen LogP contribution in [0.25, 0.3) is 0 Å². The SMILES string of the molecule is CN1c2ccccc2OC2OC21. The average molecular weight is 163 g/mol. The number of fused-ring (bicyclic) bond motifs is 2. The number of epoxide rings is 1. The fourth-order valence-corrected chi connectivity index (χ4v) is 1.56. The van der Waals surface area contributed by atoms with Gasteiger partial charge in [0.2, 0.25) is 6.29 Å². The molecule has 1 saturated heterocycles. The highest BCUT2D eigenvalue weighted by Gasteiger charge is 2.49. The molecular weight excluding hydrogens is 154 g/mol. The molecule has 62 valence electrons. The Labute approximate surface area is 70.5 Å². The number of likely N-dealkylation sites (N-methyl/N-ethyl adjacent to an activating group) is 1. The fourth-order valence-electron chi connectivity index (χ4n) is 1.56. The van der Waals surface area contributed by atoms with Gasteiger partial charge < -0.3 is 14.4 Å². The lowest BCUT2D eigenvalue weighted by molar-refractivity contribution is 0.181. The standard InChI is InChI=1S/C9H9NO2/c1-10-6-4-2-3-5-7(6)11-9-8(10)12-9/h2-5,8-9H,1H3. The van der Waals surface area contributed by atoms with Gasteiger partial charge in [-0.05, 0) is 12.1 Å². The molecule has 3 heteroatoms. The van der Waals surface area contributed by atoms with E-state index in [1.54, 1.807) is 0 Å². The predicted octanol–water partition coefficient (Wildman–Crippen LogP) is 1.20. The summed E-state index contributed by atoms with van der Waals surface area (Å²) in [6.45, 7) is 0. The maximum Gasteiger partial charge on any atom is 0.247 e. The molecule has 0 aromatic heterocycles. The van der Waals surface area contributed by atoms with Crippen LogP contribution >= 0.6 is 0 Å². The van der Waals surface area contributed by atoms with Crippen molar-refractivity contribution in [1.29, 1.82) is 0 Å². The van der Waals surface area contributed by atoms with Gasteiger partial charge in [0.25, 0.3) is 0 Å². The first-order valence-corrected chi connectivity index (χ1v) is 4.00. The van der Waals surface area contributed by atoms with E-state index in [-0.39, 0.29) is 12.5 Å². The first kappa shape index (κ1) is 6.31. The van der Waals surface area contributed by atoms with Crippen molar-refractivity contribution in [3.8, 4) is 5.75 Å². The second-order valence-electron chi connectivity index (χ2n) is 3.09. The molecule has 0 N–H and O–H groups in total. The van der Waals surface area contributed by atoms with Crippen LogP contribution in [0.1, 0.15) is 0 Å². The Balaban J connectivity index is 2.11. The number of ether oxygens (including phenoxy) is 2. The van der Waals surface area contributed by atoms with E-state index in [0.717, 1.165) is 11.4 Å². The quantitative estimate of drug-likeness (QED) is 0.537. The molecule has 3 rings (SSSR count). The van der Waals surface area contributed by atoms with Gasteiger partial charge in [-0.15, -0.1) is 0 Å². The number of anilines is 1. The zero-order valence-electron chi connectivity index (χ0n) is 6.73. The number of nitrogens with zero attached hydrogens (tertiary/aromatic N) is 1. The van der Waals surface area contributed by atoms with Crippen molar-refractivity contribution in [3.63, 3.8) is 0 Å².